The fourth-order valence-corrected chi connectivity index (χ4v) is 2.64. The molecule has 7 heteroatoms. The minimum Gasteiger partial charge on any atom is -0.459 e. The Hall–Kier alpha value is -3.87. The van der Waals surface area contributed by atoms with Gasteiger partial charge in [-0.3, -0.25) is 25.2 Å². The molecule has 0 saturated heterocycles. The normalized spacial score (nSPS) is 10.3. The van der Waals surface area contributed by atoms with Crippen LogP contribution in [0.2, 0.25) is 0 Å². The molecule has 1 aromatic heterocycles. The van der Waals surface area contributed by atoms with E-state index in [0.29, 0.717) is 11.3 Å². The van der Waals surface area contributed by atoms with Gasteiger partial charge in [0.05, 0.1) is 6.26 Å². The van der Waals surface area contributed by atoms with E-state index in [9.17, 15) is 14.4 Å². The Labute approximate surface area is 168 Å². The largest absolute Gasteiger partial charge is 0.459 e. The van der Waals surface area contributed by atoms with E-state index in [2.05, 4.69) is 16.2 Å². The molecule has 148 valence electrons. The minimum absolute atomic E-state index is 0.167. The molecule has 0 bridgehead atoms. The number of furan rings is 1. The van der Waals surface area contributed by atoms with E-state index in [-0.39, 0.29) is 11.3 Å². The number of carbonyl (C=O) groups excluding carboxylic acids is 3. The Bertz CT molecular complexity index is 1020. The van der Waals surface area contributed by atoms with E-state index >= 15 is 0 Å². The first-order chi connectivity index (χ1) is 14.0. The summed E-state index contributed by atoms with van der Waals surface area (Å²) in [5.41, 5.74) is 7.87. The summed E-state index contributed by atoms with van der Waals surface area (Å²) in [7, 11) is 0. The van der Waals surface area contributed by atoms with Crippen LogP contribution in [0.4, 0.5) is 5.69 Å². The zero-order chi connectivity index (χ0) is 20.8. The lowest BCUT2D eigenvalue weighted by Gasteiger charge is -2.11. The Morgan fingerprint density at radius 1 is 0.862 bits per heavy atom. The molecule has 3 aromatic rings. The van der Waals surface area contributed by atoms with Crippen molar-refractivity contribution in [1.82, 2.24) is 10.9 Å². The molecule has 0 radical (unpaired) electrons. The molecule has 3 N–H and O–H groups in total. The van der Waals surface area contributed by atoms with Crippen LogP contribution in [-0.4, -0.2) is 17.7 Å². The number of carbonyl (C=O) groups is 3. The molecule has 0 aliphatic rings. The maximum atomic E-state index is 12.4. The molecule has 0 aliphatic heterocycles. The monoisotopic (exact) mass is 391 g/mol. The van der Waals surface area contributed by atoms with Gasteiger partial charge in [-0.15, -0.1) is 0 Å². The van der Waals surface area contributed by atoms with Crippen LogP contribution in [0.15, 0.2) is 65.3 Å². The molecule has 0 aliphatic carbocycles. The molecular weight excluding hydrogens is 370 g/mol. The number of rotatable bonds is 5. The smallest absolute Gasteiger partial charge is 0.291 e. The Balaban J connectivity index is 1.64. The zero-order valence-electron chi connectivity index (χ0n) is 16.1. The van der Waals surface area contributed by atoms with Crippen LogP contribution >= 0.6 is 0 Å². The highest BCUT2D eigenvalue weighted by Gasteiger charge is 2.14. The first-order valence-electron chi connectivity index (χ1n) is 9.13. The average molecular weight is 391 g/mol. The second-order valence-electron chi connectivity index (χ2n) is 6.42. The van der Waals surface area contributed by atoms with Crippen LogP contribution in [0.25, 0.3) is 0 Å². The van der Waals surface area contributed by atoms with Gasteiger partial charge < -0.3 is 9.73 Å². The number of hydrogen-bond donors (Lipinski definition) is 3. The molecule has 3 amide bonds. The van der Waals surface area contributed by atoms with Gasteiger partial charge in [-0.25, -0.2) is 0 Å². The van der Waals surface area contributed by atoms with E-state index in [1.807, 2.05) is 19.1 Å². The van der Waals surface area contributed by atoms with Crippen LogP contribution in [0.5, 0.6) is 0 Å². The summed E-state index contributed by atoms with van der Waals surface area (Å²) in [6.07, 6.45) is 2.29. The number of anilines is 1. The van der Waals surface area contributed by atoms with E-state index < -0.39 is 17.7 Å². The molecule has 0 fully saturated rings. The maximum absolute atomic E-state index is 12.4. The van der Waals surface area contributed by atoms with Gasteiger partial charge in [0.1, 0.15) is 0 Å². The molecule has 2 aromatic carbocycles. The van der Waals surface area contributed by atoms with Crippen molar-refractivity contribution >= 4 is 23.4 Å². The third kappa shape index (κ3) is 4.90. The zero-order valence-corrected chi connectivity index (χ0v) is 16.1. The van der Waals surface area contributed by atoms with Gasteiger partial charge in [-0.05, 0) is 60.9 Å². The summed E-state index contributed by atoms with van der Waals surface area (Å²) in [6, 6.07) is 15.1. The van der Waals surface area contributed by atoms with Gasteiger partial charge in [0.15, 0.2) is 5.76 Å². The lowest BCUT2D eigenvalue weighted by molar-refractivity contribution is 0.0846. The summed E-state index contributed by atoms with van der Waals surface area (Å²) < 4.78 is 5.07. The summed E-state index contributed by atoms with van der Waals surface area (Å²) in [6.45, 7) is 3.84. The lowest BCUT2D eigenvalue weighted by Crippen LogP contribution is -2.41. The Morgan fingerprint density at radius 3 is 2.14 bits per heavy atom. The number of aryl methyl sites for hydroxylation is 2. The summed E-state index contributed by atoms with van der Waals surface area (Å²) >= 11 is 0. The van der Waals surface area contributed by atoms with Crippen molar-refractivity contribution in [2.24, 2.45) is 0 Å². The second kappa shape index (κ2) is 8.88. The Morgan fingerprint density at radius 2 is 1.52 bits per heavy atom. The predicted molar refractivity (Wildman–Crippen MR) is 109 cm³/mol. The second-order valence-corrected chi connectivity index (χ2v) is 6.42. The van der Waals surface area contributed by atoms with Crippen molar-refractivity contribution in [2.75, 3.05) is 5.32 Å². The van der Waals surface area contributed by atoms with Gasteiger partial charge in [-0.2, -0.15) is 0 Å². The van der Waals surface area contributed by atoms with Crippen LogP contribution in [0.1, 0.15) is 49.3 Å². The number of nitrogens with one attached hydrogen (secondary N) is 3. The molecule has 0 unspecified atom stereocenters. The highest BCUT2D eigenvalue weighted by atomic mass is 16.3. The SMILES string of the molecule is CCc1ccc(C(=O)NNC(=O)c2ccc(C)c(NC(=O)c3ccco3)c2)cc1. The molecule has 0 atom stereocenters. The van der Waals surface area contributed by atoms with Gasteiger partial charge in [-0.1, -0.05) is 25.1 Å². The van der Waals surface area contributed by atoms with Gasteiger partial charge >= 0.3 is 0 Å². The quantitative estimate of drug-likeness (QED) is 0.580. The summed E-state index contributed by atoms with van der Waals surface area (Å²) in [5, 5.41) is 2.71. The van der Waals surface area contributed by atoms with Crippen molar-refractivity contribution in [2.45, 2.75) is 20.3 Å². The minimum atomic E-state index is -0.503. The highest BCUT2D eigenvalue weighted by molar-refractivity contribution is 6.04. The summed E-state index contributed by atoms with van der Waals surface area (Å²) in [5.74, 6) is -1.17. The van der Waals surface area contributed by atoms with Crippen molar-refractivity contribution < 1.29 is 18.8 Å². The van der Waals surface area contributed by atoms with E-state index in [0.717, 1.165) is 17.5 Å². The third-order valence-electron chi connectivity index (χ3n) is 4.41. The number of hydrogen-bond acceptors (Lipinski definition) is 4. The van der Waals surface area contributed by atoms with Crippen molar-refractivity contribution in [3.63, 3.8) is 0 Å². The molecule has 1 heterocycles. The topological polar surface area (TPSA) is 100 Å². The molecule has 0 spiro atoms. The van der Waals surface area contributed by atoms with Crippen molar-refractivity contribution in [3.05, 3.63) is 88.9 Å². The molecule has 0 saturated carbocycles. The highest BCUT2D eigenvalue weighted by Crippen LogP contribution is 2.18. The van der Waals surface area contributed by atoms with Gasteiger partial charge in [0.25, 0.3) is 17.7 Å². The fraction of sp³-hybridized carbons (Fsp3) is 0.136. The van der Waals surface area contributed by atoms with Crippen LogP contribution in [-0.2, 0) is 6.42 Å². The number of hydrazine groups is 1. The average Bonchev–Trinajstić information content (AvgIpc) is 3.28. The standard InChI is InChI=1S/C22H21N3O4/c1-3-15-7-10-16(11-8-15)20(26)24-25-21(27)17-9-6-14(2)18(13-17)23-22(28)19-5-4-12-29-19/h4-13H,3H2,1-2H3,(H,23,28)(H,24,26)(H,25,27). The first kappa shape index (κ1) is 19.9. The maximum Gasteiger partial charge on any atom is 0.291 e. The molecular formula is C22H21N3O4. The predicted octanol–water partition coefficient (Wildman–Crippen LogP) is 3.48. The van der Waals surface area contributed by atoms with Crippen LogP contribution < -0.4 is 16.2 Å². The van der Waals surface area contributed by atoms with Gasteiger partial charge in [0, 0.05) is 16.8 Å². The summed E-state index contributed by atoms with van der Waals surface area (Å²) in [4.78, 5) is 36.8. The van der Waals surface area contributed by atoms with E-state index in [4.69, 9.17) is 4.42 Å². The Kier molecular flexibility index (Phi) is 6.09. The number of benzene rings is 2. The number of amides is 3. The van der Waals surface area contributed by atoms with E-state index in [1.165, 1.54) is 12.3 Å². The molecule has 3 rings (SSSR count). The van der Waals surface area contributed by atoms with Crippen LogP contribution in [0.3, 0.4) is 0 Å². The van der Waals surface area contributed by atoms with Crippen molar-refractivity contribution in [1.29, 1.82) is 0 Å². The lowest BCUT2D eigenvalue weighted by atomic mass is 10.1. The first-order valence-corrected chi connectivity index (χ1v) is 9.13. The molecule has 29 heavy (non-hydrogen) atoms. The molecule has 7 nitrogen and oxygen atoms in total. The third-order valence-corrected chi connectivity index (χ3v) is 4.41. The van der Waals surface area contributed by atoms with Crippen LogP contribution in [0, 0.1) is 6.92 Å². The van der Waals surface area contributed by atoms with E-state index in [1.54, 1.807) is 43.3 Å². The van der Waals surface area contributed by atoms with Gasteiger partial charge in [0.2, 0.25) is 0 Å². The van der Waals surface area contributed by atoms with Crippen molar-refractivity contribution in [3.8, 4) is 0 Å². The fourth-order valence-electron chi connectivity index (χ4n) is 2.64.